The van der Waals surface area contributed by atoms with Crippen molar-refractivity contribution in [3.05, 3.63) is 0 Å². The van der Waals surface area contributed by atoms with E-state index in [4.69, 9.17) is 10.2 Å². The highest BCUT2D eigenvalue weighted by atomic mass is 17.7. The lowest BCUT2D eigenvalue weighted by molar-refractivity contribution is -0.640. The third-order valence-electron chi connectivity index (χ3n) is 1.85. The van der Waals surface area contributed by atoms with Gasteiger partial charge in [0.05, 0.1) is 25.9 Å². The first kappa shape index (κ1) is 10.8. The molecule has 1 rings (SSSR count). The van der Waals surface area contributed by atoms with Crippen LogP contribution in [-0.4, -0.2) is 36.1 Å². The summed E-state index contributed by atoms with van der Waals surface area (Å²) in [4.78, 5) is 9.12. The van der Waals surface area contributed by atoms with Crippen molar-refractivity contribution in [2.75, 3.05) is 19.8 Å². The van der Waals surface area contributed by atoms with Gasteiger partial charge in [0, 0.05) is 0 Å². The van der Waals surface area contributed by atoms with Crippen LogP contribution in [-0.2, 0) is 19.9 Å². The summed E-state index contributed by atoms with van der Waals surface area (Å²) in [5, 5.41) is 26.0. The van der Waals surface area contributed by atoms with Gasteiger partial charge in [-0.15, -0.1) is 0 Å². The van der Waals surface area contributed by atoms with E-state index in [2.05, 4.69) is 19.9 Å². The molecule has 0 aliphatic carbocycles. The number of aliphatic hydroxyl groups excluding tert-OH is 2. The van der Waals surface area contributed by atoms with Crippen molar-refractivity contribution in [3.8, 4) is 0 Å². The molecule has 1 aliphatic heterocycles. The average Bonchev–Trinajstić information content (AvgIpc) is 2.09. The number of hydrogen-bond donors (Lipinski definition) is 2. The predicted octanol–water partition coefficient (Wildman–Crippen LogP) is -0.439. The van der Waals surface area contributed by atoms with Crippen molar-refractivity contribution in [2.24, 2.45) is 5.92 Å². The third kappa shape index (κ3) is 4.51. The van der Waals surface area contributed by atoms with Crippen molar-refractivity contribution in [1.29, 1.82) is 0 Å². The summed E-state index contributed by atoms with van der Waals surface area (Å²) < 4.78 is 0. The van der Waals surface area contributed by atoms with Crippen LogP contribution in [0, 0.1) is 5.92 Å². The smallest absolute Gasteiger partial charge is 0.0884 e. The Morgan fingerprint density at radius 3 is 2.85 bits per heavy atom. The van der Waals surface area contributed by atoms with Crippen molar-refractivity contribution < 1.29 is 30.1 Å². The first-order valence-electron chi connectivity index (χ1n) is 4.19. The van der Waals surface area contributed by atoms with E-state index in [0.29, 0.717) is 26.1 Å². The van der Waals surface area contributed by atoms with E-state index in [1.165, 1.54) is 0 Å². The van der Waals surface area contributed by atoms with Gasteiger partial charge >= 0.3 is 0 Å². The minimum absolute atomic E-state index is 0.103. The van der Waals surface area contributed by atoms with Crippen LogP contribution in [0.1, 0.15) is 12.8 Å². The van der Waals surface area contributed by atoms with E-state index >= 15 is 0 Å². The molecule has 0 radical (unpaired) electrons. The van der Waals surface area contributed by atoms with Gasteiger partial charge in [0.25, 0.3) is 0 Å². The van der Waals surface area contributed by atoms with Crippen LogP contribution in [0.5, 0.6) is 0 Å². The van der Waals surface area contributed by atoms with Gasteiger partial charge in [-0.1, -0.05) is 0 Å². The summed E-state index contributed by atoms with van der Waals surface area (Å²) in [6, 6.07) is 0. The van der Waals surface area contributed by atoms with E-state index in [9.17, 15) is 0 Å². The first-order chi connectivity index (χ1) is 6.33. The molecule has 0 bridgehead atoms. The molecule has 6 heteroatoms. The molecule has 0 amide bonds. The Bertz CT molecular complexity index is 122. The molecule has 13 heavy (non-hydrogen) atoms. The maximum absolute atomic E-state index is 9.15. The summed E-state index contributed by atoms with van der Waals surface area (Å²) in [7, 11) is 0. The molecule has 1 heterocycles. The normalized spacial score (nSPS) is 27.7. The van der Waals surface area contributed by atoms with Gasteiger partial charge in [-0.05, 0) is 28.8 Å². The molecule has 0 spiro atoms. The van der Waals surface area contributed by atoms with Gasteiger partial charge in [-0.25, -0.2) is 9.78 Å². The highest BCUT2D eigenvalue weighted by Gasteiger charge is 2.17. The molecule has 1 fully saturated rings. The Morgan fingerprint density at radius 2 is 2.08 bits per heavy atom. The van der Waals surface area contributed by atoms with Crippen LogP contribution < -0.4 is 0 Å². The molecule has 2 unspecified atom stereocenters. The monoisotopic (exact) mass is 194 g/mol. The van der Waals surface area contributed by atoms with Gasteiger partial charge in [-0.3, -0.25) is 0 Å². The van der Waals surface area contributed by atoms with Gasteiger partial charge < -0.3 is 10.2 Å². The lowest BCUT2D eigenvalue weighted by atomic mass is 9.99. The summed E-state index contributed by atoms with van der Waals surface area (Å²) in [5.74, 6) is 0.103. The molecule has 6 nitrogen and oxygen atoms in total. The van der Waals surface area contributed by atoms with Gasteiger partial charge in [0.1, 0.15) is 0 Å². The highest BCUT2D eigenvalue weighted by Crippen LogP contribution is 2.14. The van der Waals surface area contributed by atoms with Gasteiger partial charge in [0.15, 0.2) is 0 Å². The molecule has 0 aromatic rings. The van der Waals surface area contributed by atoms with Crippen LogP contribution in [0.4, 0.5) is 0 Å². The highest BCUT2D eigenvalue weighted by molar-refractivity contribution is 4.63. The van der Waals surface area contributed by atoms with Crippen molar-refractivity contribution in [3.63, 3.8) is 0 Å². The molecule has 1 aliphatic rings. The maximum Gasteiger partial charge on any atom is 0.0884 e. The Hall–Kier alpha value is -0.240. The Morgan fingerprint density at radius 1 is 1.31 bits per heavy atom. The largest absolute Gasteiger partial charge is 0.394 e. The molecular formula is C7H14O6. The summed E-state index contributed by atoms with van der Waals surface area (Å²) >= 11 is 0. The van der Waals surface area contributed by atoms with Crippen LogP contribution in [0.25, 0.3) is 0 Å². The second-order valence-electron chi connectivity index (χ2n) is 2.97. The molecule has 0 saturated carbocycles. The molecule has 0 aromatic heterocycles. The fourth-order valence-electron chi connectivity index (χ4n) is 1.14. The van der Waals surface area contributed by atoms with Crippen molar-refractivity contribution >= 4 is 0 Å². The van der Waals surface area contributed by atoms with E-state index in [1.54, 1.807) is 0 Å². The van der Waals surface area contributed by atoms with E-state index < -0.39 is 6.10 Å². The van der Waals surface area contributed by atoms with E-state index in [0.717, 1.165) is 0 Å². The zero-order valence-corrected chi connectivity index (χ0v) is 7.22. The first-order valence-corrected chi connectivity index (χ1v) is 4.19. The summed E-state index contributed by atoms with van der Waals surface area (Å²) in [5.41, 5.74) is 0. The number of rotatable bonds is 3. The maximum atomic E-state index is 9.15. The molecule has 0 aromatic carbocycles. The second kappa shape index (κ2) is 6.25. The fourth-order valence-corrected chi connectivity index (χ4v) is 1.14. The Labute approximate surface area is 75.8 Å². The quantitative estimate of drug-likeness (QED) is 0.593. The number of hydrogen-bond acceptors (Lipinski definition) is 6. The van der Waals surface area contributed by atoms with Crippen molar-refractivity contribution in [1.82, 2.24) is 0 Å². The lowest BCUT2D eigenvalue weighted by Gasteiger charge is -2.19. The van der Waals surface area contributed by atoms with Crippen LogP contribution in [0.2, 0.25) is 0 Å². The van der Waals surface area contributed by atoms with Gasteiger partial charge in [0.2, 0.25) is 0 Å². The summed E-state index contributed by atoms with van der Waals surface area (Å²) in [6.45, 7) is 0.460. The lowest BCUT2D eigenvalue weighted by Crippen LogP contribution is -2.23. The minimum atomic E-state index is -0.714. The van der Waals surface area contributed by atoms with E-state index in [-0.39, 0.29) is 12.5 Å². The standard InChI is InChI=1S/C7H14O6/c8-4-7(9)3-6-1-2-10-12-13-11-5-6/h6-9H,1-5H2. The summed E-state index contributed by atoms with van der Waals surface area (Å²) in [6.07, 6.45) is 0.442. The van der Waals surface area contributed by atoms with Crippen molar-refractivity contribution in [2.45, 2.75) is 18.9 Å². The second-order valence-corrected chi connectivity index (χ2v) is 2.97. The molecule has 2 N–H and O–H groups in total. The van der Waals surface area contributed by atoms with Crippen LogP contribution in [0.3, 0.4) is 0 Å². The minimum Gasteiger partial charge on any atom is -0.394 e. The molecule has 2 atom stereocenters. The Kier molecular flexibility index (Phi) is 5.21. The average molecular weight is 194 g/mol. The zero-order chi connectivity index (χ0) is 9.52. The SMILES string of the molecule is OCC(O)CC1CCOOOOC1. The number of aliphatic hydroxyl groups is 2. The zero-order valence-electron chi connectivity index (χ0n) is 7.22. The molecule has 1 saturated heterocycles. The predicted molar refractivity (Wildman–Crippen MR) is 39.9 cm³/mol. The third-order valence-corrected chi connectivity index (χ3v) is 1.85. The van der Waals surface area contributed by atoms with Crippen LogP contribution in [0.15, 0.2) is 0 Å². The van der Waals surface area contributed by atoms with Gasteiger partial charge in [-0.2, -0.15) is 0 Å². The Balaban J connectivity index is 2.21. The molecule has 78 valence electrons. The van der Waals surface area contributed by atoms with Crippen LogP contribution >= 0.6 is 0 Å². The molecular weight excluding hydrogens is 180 g/mol. The fraction of sp³-hybridized carbons (Fsp3) is 1.00. The topological polar surface area (TPSA) is 77.4 Å². The van der Waals surface area contributed by atoms with E-state index in [1.807, 2.05) is 0 Å².